The number of anilines is 2. The maximum atomic E-state index is 12.7. The van der Waals surface area contributed by atoms with Crippen LogP contribution in [0.25, 0.3) is 11.3 Å². The van der Waals surface area contributed by atoms with Crippen LogP contribution in [0.1, 0.15) is 19.4 Å². The number of nitrogens with zero attached hydrogens (tertiary/aromatic N) is 2. The lowest BCUT2D eigenvalue weighted by molar-refractivity contribution is -0.121. The van der Waals surface area contributed by atoms with E-state index in [0.29, 0.717) is 23.7 Å². The van der Waals surface area contributed by atoms with Crippen molar-refractivity contribution in [2.45, 2.75) is 25.2 Å². The lowest BCUT2D eigenvalue weighted by Gasteiger charge is -2.28. The summed E-state index contributed by atoms with van der Waals surface area (Å²) in [5.41, 5.74) is 3.16. The Kier molecular flexibility index (Phi) is 5.48. The topological polar surface area (TPSA) is 88.6 Å². The fourth-order valence-corrected chi connectivity index (χ4v) is 5.21. The Hall–Kier alpha value is -2.91. The number of hydrogen-bond donors (Lipinski definition) is 1. The number of carbonyl (C=O) groups is 1. The summed E-state index contributed by atoms with van der Waals surface area (Å²) in [6, 6.07) is 12.3. The van der Waals surface area contributed by atoms with Crippen molar-refractivity contribution in [2.75, 3.05) is 22.8 Å². The quantitative estimate of drug-likeness (QED) is 0.624. The lowest BCUT2D eigenvalue weighted by Crippen LogP contribution is -2.38. The predicted molar refractivity (Wildman–Crippen MR) is 118 cm³/mol. The third kappa shape index (κ3) is 3.90. The van der Waals surface area contributed by atoms with Gasteiger partial charge in [-0.3, -0.25) is 9.52 Å². The fourth-order valence-electron chi connectivity index (χ4n) is 3.24. The van der Waals surface area contributed by atoms with Crippen LogP contribution in [0.4, 0.5) is 10.8 Å². The molecule has 1 aliphatic heterocycles. The van der Waals surface area contributed by atoms with Crippen LogP contribution in [0.3, 0.4) is 0 Å². The minimum Gasteiger partial charge on any atom is -0.482 e. The number of sulfonamides is 1. The van der Waals surface area contributed by atoms with Gasteiger partial charge >= 0.3 is 0 Å². The first-order valence-corrected chi connectivity index (χ1v) is 11.9. The highest BCUT2D eigenvalue weighted by atomic mass is 32.2. The molecule has 1 amide bonds. The van der Waals surface area contributed by atoms with E-state index in [0.717, 1.165) is 17.5 Å². The van der Waals surface area contributed by atoms with E-state index >= 15 is 0 Å². The summed E-state index contributed by atoms with van der Waals surface area (Å²) in [6.07, 6.45) is 0.844. The van der Waals surface area contributed by atoms with Gasteiger partial charge in [0.25, 0.3) is 15.9 Å². The lowest BCUT2D eigenvalue weighted by atomic mass is 10.1. The van der Waals surface area contributed by atoms with E-state index in [-0.39, 0.29) is 22.5 Å². The maximum Gasteiger partial charge on any atom is 0.265 e. The van der Waals surface area contributed by atoms with E-state index in [1.165, 1.54) is 11.3 Å². The number of hydrogen-bond acceptors (Lipinski definition) is 6. The molecule has 0 aliphatic carbocycles. The van der Waals surface area contributed by atoms with Gasteiger partial charge in [-0.05, 0) is 49.2 Å². The summed E-state index contributed by atoms with van der Waals surface area (Å²) < 4.78 is 33.3. The highest BCUT2D eigenvalue weighted by molar-refractivity contribution is 7.93. The van der Waals surface area contributed by atoms with Crippen LogP contribution in [0, 0.1) is 0 Å². The Bertz CT molecular complexity index is 1190. The van der Waals surface area contributed by atoms with Crippen molar-refractivity contribution in [3.63, 3.8) is 0 Å². The van der Waals surface area contributed by atoms with Gasteiger partial charge in [0.2, 0.25) is 0 Å². The number of aromatic nitrogens is 1. The highest BCUT2D eigenvalue weighted by Crippen LogP contribution is 2.36. The molecule has 1 aromatic heterocycles. The van der Waals surface area contributed by atoms with Crippen LogP contribution in [-0.4, -0.2) is 32.5 Å². The smallest absolute Gasteiger partial charge is 0.265 e. The third-order valence-electron chi connectivity index (χ3n) is 4.88. The number of fused-ring (bicyclic) bond motifs is 1. The van der Waals surface area contributed by atoms with Crippen molar-refractivity contribution < 1.29 is 17.9 Å². The van der Waals surface area contributed by atoms with Crippen LogP contribution in [0.2, 0.25) is 0 Å². The number of ether oxygens (including phenoxy) is 1. The normalized spacial score (nSPS) is 13.7. The number of aryl methyl sites for hydroxylation is 1. The third-order valence-corrected chi connectivity index (χ3v) is 7.12. The van der Waals surface area contributed by atoms with E-state index in [9.17, 15) is 13.2 Å². The van der Waals surface area contributed by atoms with Gasteiger partial charge in [-0.25, -0.2) is 13.4 Å². The number of carbonyl (C=O) groups excluding carboxylic acids is 1. The summed E-state index contributed by atoms with van der Waals surface area (Å²) in [5, 5.41) is 2.06. The van der Waals surface area contributed by atoms with Crippen LogP contribution in [0.5, 0.6) is 5.75 Å². The zero-order chi connectivity index (χ0) is 21.3. The van der Waals surface area contributed by atoms with Crippen molar-refractivity contribution in [3.05, 3.63) is 53.4 Å². The fraction of sp³-hybridized carbons (Fsp3) is 0.238. The zero-order valence-corrected chi connectivity index (χ0v) is 18.2. The van der Waals surface area contributed by atoms with Gasteiger partial charge in [0.15, 0.2) is 11.7 Å². The molecule has 0 fully saturated rings. The molecule has 30 heavy (non-hydrogen) atoms. The zero-order valence-electron chi connectivity index (χ0n) is 16.6. The van der Waals surface area contributed by atoms with Crippen molar-refractivity contribution in [3.8, 4) is 17.0 Å². The first-order valence-electron chi connectivity index (χ1n) is 9.56. The number of thiazole rings is 1. The molecule has 0 radical (unpaired) electrons. The molecule has 0 unspecified atom stereocenters. The van der Waals surface area contributed by atoms with Crippen molar-refractivity contribution in [1.29, 1.82) is 0 Å². The van der Waals surface area contributed by atoms with Gasteiger partial charge < -0.3 is 9.64 Å². The van der Waals surface area contributed by atoms with Crippen molar-refractivity contribution in [2.24, 2.45) is 0 Å². The number of benzene rings is 2. The number of nitrogens with one attached hydrogen (secondary N) is 1. The first kappa shape index (κ1) is 20.4. The first-order chi connectivity index (χ1) is 14.4. The Labute approximate surface area is 179 Å². The molecule has 4 rings (SSSR count). The molecule has 0 saturated carbocycles. The Balaban J connectivity index is 1.58. The summed E-state index contributed by atoms with van der Waals surface area (Å²) in [5.74, 6) is 0.551. The number of amides is 1. The van der Waals surface area contributed by atoms with Gasteiger partial charge in [-0.2, -0.15) is 0 Å². The summed E-state index contributed by atoms with van der Waals surface area (Å²) in [4.78, 5) is 18.4. The van der Waals surface area contributed by atoms with Gasteiger partial charge in [0, 0.05) is 17.5 Å². The molecule has 1 aliphatic rings. The monoisotopic (exact) mass is 443 g/mol. The van der Waals surface area contributed by atoms with E-state index in [1.54, 1.807) is 40.6 Å². The van der Waals surface area contributed by atoms with Gasteiger partial charge in [-0.15, -0.1) is 11.3 Å². The summed E-state index contributed by atoms with van der Waals surface area (Å²) >= 11 is 1.20. The van der Waals surface area contributed by atoms with Crippen molar-refractivity contribution >= 4 is 38.1 Å². The molecule has 7 nitrogen and oxygen atoms in total. The second-order valence-electron chi connectivity index (χ2n) is 6.75. The second kappa shape index (κ2) is 8.08. The van der Waals surface area contributed by atoms with Crippen LogP contribution >= 0.6 is 11.3 Å². The van der Waals surface area contributed by atoms with Gasteiger partial charge in [0.05, 0.1) is 16.3 Å². The van der Waals surface area contributed by atoms with Gasteiger partial charge in [0.1, 0.15) is 5.75 Å². The Morgan fingerprint density at radius 1 is 1.17 bits per heavy atom. The average molecular weight is 444 g/mol. The number of likely N-dealkylation sites (N-methyl/N-ethyl adjacent to an activating group) is 1. The van der Waals surface area contributed by atoms with Gasteiger partial charge in [-0.1, -0.05) is 19.1 Å². The molecule has 0 bridgehead atoms. The molecule has 0 spiro atoms. The van der Waals surface area contributed by atoms with Crippen LogP contribution in [0.15, 0.2) is 52.7 Å². The van der Waals surface area contributed by atoms with Crippen LogP contribution < -0.4 is 14.4 Å². The molecular weight excluding hydrogens is 422 g/mol. The molecule has 2 heterocycles. The predicted octanol–water partition coefficient (Wildman–Crippen LogP) is 3.92. The molecular formula is C21H21N3O4S2. The largest absolute Gasteiger partial charge is 0.482 e. The average Bonchev–Trinajstić information content (AvgIpc) is 3.21. The van der Waals surface area contributed by atoms with Crippen LogP contribution in [-0.2, 0) is 21.2 Å². The van der Waals surface area contributed by atoms with E-state index < -0.39 is 10.0 Å². The summed E-state index contributed by atoms with van der Waals surface area (Å²) in [6.45, 7) is 4.49. The standard InChI is InChI=1S/C21H21N3O4S2/c1-3-14-5-8-16(9-6-14)30(26,27)23-21-22-17(13-29-21)15-7-10-19-18(11-15)24(4-2)20(25)12-28-19/h5-11,13H,3-4,12H2,1-2H3,(H,22,23). The minimum atomic E-state index is -3.72. The van der Waals surface area contributed by atoms with Crippen molar-refractivity contribution in [1.82, 2.24) is 4.98 Å². The number of rotatable bonds is 6. The Morgan fingerprint density at radius 3 is 2.63 bits per heavy atom. The molecule has 0 saturated heterocycles. The van der Waals surface area contributed by atoms with E-state index in [4.69, 9.17) is 4.74 Å². The maximum absolute atomic E-state index is 12.7. The van der Waals surface area contributed by atoms with E-state index in [1.807, 2.05) is 26.0 Å². The SMILES string of the molecule is CCc1ccc(S(=O)(=O)Nc2nc(-c3ccc4c(c3)N(CC)C(=O)CO4)cs2)cc1. The molecule has 1 N–H and O–H groups in total. The molecule has 9 heteroatoms. The highest BCUT2D eigenvalue weighted by Gasteiger charge is 2.25. The molecule has 0 atom stereocenters. The molecule has 2 aromatic carbocycles. The molecule has 3 aromatic rings. The molecule has 156 valence electrons. The van der Waals surface area contributed by atoms with E-state index in [2.05, 4.69) is 9.71 Å². The Morgan fingerprint density at radius 2 is 1.93 bits per heavy atom. The summed E-state index contributed by atoms with van der Waals surface area (Å²) in [7, 11) is -3.72. The second-order valence-corrected chi connectivity index (χ2v) is 9.29. The minimum absolute atomic E-state index is 0.0298.